The molecule has 0 unspecified atom stereocenters. The molecule has 0 aliphatic carbocycles. The fourth-order valence-corrected chi connectivity index (χ4v) is 0.610. The lowest BCUT2D eigenvalue weighted by Gasteiger charge is -1.80. The van der Waals surface area contributed by atoms with Gasteiger partial charge in [-0.3, -0.25) is 4.79 Å². The van der Waals surface area contributed by atoms with Gasteiger partial charge in [0.1, 0.15) is 0 Å². The lowest BCUT2D eigenvalue weighted by Crippen LogP contribution is -1.78. The Morgan fingerprint density at radius 2 is 2.33 bits per heavy atom. The molecule has 0 aromatic carbocycles. The smallest absolute Gasteiger partial charge is 0.185 e. The van der Waals surface area contributed by atoms with E-state index in [1.54, 1.807) is 6.92 Å². The summed E-state index contributed by atoms with van der Waals surface area (Å²) in [6.07, 6.45) is 0. The molecule has 0 saturated carbocycles. The van der Waals surface area contributed by atoms with Gasteiger partial charge < -0.3 is 0 Å². The van der Waals surface area contributed by atoms with E-state index in [9.17, 15) is 4.79 Å². The fourth-order valence-electron chi connectivity index (χ4n) is 0.203. The molecule has 2 heteroatoms. The average Bonchev–Trinajstić information content (AvgIpc) is 1.35. The van der Waals surface area contributed by atoms with Gasteiger partial charge in [-0.2, -0.15) is 0 Å². The van der Waals surface area contributed by atoms with Crippen molar-refractivity contribution in [1.29, 1.82) is 0 Å². The van der Waals surface area contributed by atoms with Crippen molar-refractivity contribution < 1.29 is 4.79 Å². The maximum absolute atomic E-state index is 10.0. The van der Waals surface area contributed by atoms with E-state index >= 15 is 0 Å². The summed E-state index contributed by atoms with van der Waals surface area (Å²) in [4.78, 5) is 10.0. The Balaban J connectivity index is 2.83. The third-order valence-electron chi connectivity index (χ3n) is 0.348. The Hall–Kier alpha value is 0.0200. The van der Waals surface area contributed by atoms with Gasteiger partial charge >= 0.3 is 0 Å². The Labute approximate surface area is 42.1 Å². The minimum atomic E-state index is 0.206. The lowest BCUT2D eigenvalue weighted by atomic mass is 10.9. The first kappa shape index (κ1) is 6.02. The first-order valence-electron chi connectivity index (χ1n) is 1.90. The second-order valence-corrected chi connectivity index (χ2v) is 2.37. The van der Waals surface area contributed by atoms with Gasteiger partial charge in [-0.1, -0.05) is 18.7 Å². The van der Waals surface area contributed by atoms with E-state index in [0.717, 1.165) is 5.75 Å². The third kappa shape index (κ3) is 4.02. The zero-order chi connectivity index (χ0) is 4.99. The largest absolute Gasteiger partial charge is 0.288 e. The Kier molecular flexibility index (Phi) is 3.23. The van der Waals surface area contributed by atoms with Gasteiger partial charge in [0.2, 0.25) is 0 Å². The summed E-state index contributed by atoms with van der Waals surface area (Å²) in [5.74, 6) is 0.898. The van der Waals surface area contributed by atoms with Crippen LogP contribution in [0.4, 0.5) is 0 Å². The van der Waals surface area contributed by atoms with Crippen molar-refractivity contribution in [3.05, 3.63) is 0 Å². The average molecular weight is 104 g/mol. The minimum Gasteiger partial charge on any atom is -0.288 e. The molecule has 0 atom stereocenters. The van der Waals surface area contributed by atoms with Crippen LogP contribution in [0.2, 0.25) is 0 Å². The SMILES string of the molecule is CCSC(C)=O. The molecular formula is C4H8OS. The van der Waals surface area contributed by atoms with E-state index in [0.29, 0.717) is 0 Å². The van der Waals surface area contributed by atoms with E-state index in [-0.39, 0.29) is 5.12 Å². The standard InChI is InChI=1S/C4H8OS/c1-3-6-4(2)5/h3H2,1-2H3. The molecule has 0 aliphatic heterocycles. The third-order valence-corrected chi connectivity index (χ3v) is 1.04. The maximum atomic E-state index is 10.0. The van der Waals surface area contributed by atoms with Crippen molar-refractivity contribution in [2.75, 3.05) is 5.75 Å². The first-order chi connectivity index (χ1) is 2.77. The summed E-state index contributed by atoms with van der Waals surface area (Å²) in [5, 5.41) is 0.206. The molecule has 1 nitrogen and oxygen atoms in total. The molecule has 6 heavy (non-hydrogen) atoms. The monoisotopic (exact) mass is 104 g/mol. The maximum Gasteiger partial charge on any atom is 0.185 e. The van der Waals surface area contributed by atoms with Crippen LogP contribution < -0.4 is 0 Å². The molecule has 0 aromatic heterocycles. The predicted molar refractivity (Wildman–Crippen MR) is 28.8 cm³/mol. The van der Waals surface area contributed by atoms with Crippen molar-refractivity contribution in [3.63, 3.8) is 0 Å². The van der Waals surface area contributed by atoms with Gasteiger partial charge in [0.15, 0.2) is 5.12 Å². The highest BCUT2D eigenvalue weighted by molar-refractivity contribution is 8.13. The van der Waals surface area contributed by atoms with Crippen LogP contribution >= 0.6 is 11.8 Å². The van der Waals surface area contributed by atoms with E-state index in [1.165, 1.54) is 11.8 Å². The molecule has 0 radical (unpaired) electrons. The summed E-state index contributed by atoms with van der Waals surface area (Å²) >= 11 is 1.35. The first-order valence-corrected chi connectivity index (χ1v) is 2.89. The molecule has 0 aromatic rings. The topological polar surface area (TPSA) is 17.1 Å². The molecule has 36 valence electrons. The number of rotatable bonds is 1. The highest BCUT2D eigenvalue weighted by atomic mass is 32.2. The number of hydrogen-bond donors (Lipinski definition) is 0. The van der Waals surface area contributed by atoms with Gasteiger partial charge in [0, 0.05) is 6.92 Å². The van der Waals surface area contributed by atoms with Crippen molar-refractivity contribution >= 4 is 16.9 Å². The van der Waals surface area contributed by atoms with E-state index in [2.05, 4.69) is 0 Å². The Bertz CT molecular complexity index is 51.5. The summed E-state index contributed by atoms with van der Waals surface area (Å²) in [6.45, 7) is 3.54. The van der Waals surface area contributed by atoms with Gasteiger partial charge in [0.25, 0.3) is 0 Å². The number of carbonyl (C=O) groups is 1. The van der Waals surface area contributed by atoms with Crippen LogP contribution in [-0.2, 0) is 4.79 Å². The Morgan fingerprint density at radius 1 is 1.83 bits per heavy atom. The quantitative estimate of drug-likeness (QED) is 0.498. The van der Waals surface area contributed by atoms with Crippen molar-refractivity contribution in [3.8, 4) is 0 Å². The lowest BCUT2D eigenvalue weighted by molar-refractivity contribution is -0.109. The molecule has 0 N–H and O–H groups in total. The van der Waals surface area contributed by atoms with Crippen LogP contribution in [0.3, 0.4) is 0 Å². The highest BCUT2D eigenvalue weighted by Crippen LogP contribution is 1.96. The molecule has 0 fully saturated rings. The molecule has 0 heterocycles. The zero-order valence-electron chi connectivity index (χ0n) is 4.02. The summed E-state index contributed by atoms with van der Waals surface area (Å²) in [6, 6.07) is 0. The summed E-state index contributed by atoms with van der Waals surface area (Å²) in [7, 11) is 0. The second kappa shape index (κ2) is 3.22. The van der Waals surface area contributed by atoms with Crippen LogP contribution in [0.5, 0.6) is 0 Å². The normalized spacial score (nSPS) is 8.33. The van der Waals surface area contributed by atoms with Crippen LogP contribution in [0.15, 0.2) is 0 Å². The molecule has 0 aliphatic rings. The molecule has 0 saturated heterocycles. The fraction of sp³-hybridized carbons (Fsp3) is 0.750. The van der Waals surface area contributed by atoms with E-state index in [4.69, 9.17) is 0 Å². The highest BCUT2D eigenvalue weighted by Gasteiger charge is 1.84. The van der Waals surface area contributed by atoms with Gasteiger partial charge in [-0.05, 0) is 5.75 Å². The van der Waals surface area contributed by atoms with E-state index in [1.807, 2.05) is 6.92 Å². The molecule has 0 spiro atoms. The van der Waals surface area contributed by atoms with Crippen LogP contribution in [-0.4, -0.2) is 10.9 Å². The summed E-state index contributed by atoms with van der Waals surface area (Å²) < 4.78 is 0. The molecule has 0 bridgehead atoms. The van der Waals surface area contributed by atoms with Gasteiger partial charge in [0.05, 0.1) is 0 Å². The number of carbonyl (C=O) groups excluding carboxylic acids is 1. The van der Waals surface area contributed by atoms with Crippen molar-refractivity contribution in [2.24, 2.45) is 0 Å². The molecular weight excluding hydrogens is 96.1 g/mol. The number of hydrogen-bond acceptors (Lipinski definition) is 2. The predicted octanol–water partition coefficient (Wildman–Crippen LogP) is 1.29. The van der Waals surface area contributed by atoms with Crippen molar-refractivity contribution in [2.45, 2.75) is 13.8 Å². The zero-order valence-corrected chi connectivity index (χ0v) is 4.84. The summed E-state index contributed by atoms with van der Waals surface area (Å²) in [5.41, 5.74) is 0. The van der Waals surface area contributed by atoms with Crippen LogP contribution in [0.1, 0.15) is 13.8 Å². The second-order valence-electron chi connectivity index (χ2n) is 0.925. The number of thioether (sulfide) groups is 1. The Morgan fingerprint density at radius 3 is 2.33 bits per heavy atom. The minimum absolute atomic E-state index is 0.206. The van der Waals surface area contributed by atoms with Gasteiger partial charge in [-0.25, -0.2) is 0 Å². The van der Waals surface area contributed by atoms with Gasteiger partial charge in [-0.15, -0.1) is 0 Å². The molecule has 0 rings (SSSR count). The van der Waals surface area contributed by atoms with E-state index < -0.39 is 0 Å². The van der Waals surface area contributed by atoms with Crippen LogP contribution in [0, 0.1) is 0 Å². The van der Waals surface area contributed by atoms with Crippen LogP contribution in [0.25, 0.3) is 0 Å². The van der Waals surface area contributed by atoms with Crippen molar-refractivity contribution in [1.82, 2.24) is 0 Å². The molecule has 0 amide bonds.